The lowest BCUT2D eigenvalue weighted by Crippen LogP contribution is -1.97. The van der Waals surface area contributed by atoms with Crippen LogP contribution in [0.3, 0.4) is 0 Å². The number of benzene rings is 3. The molecule has 0 aliphatic carbocycles. The van der Waals surface area contributed by atoms with Crippen molar-refractivity contribution in [3.05, 3.63) is 125 Å². The molecule has 6 heteroatoms. The van der Waals surface area contributed by atoms with Crippen LogP contribution < -0.4 is 0 Å². The van der Waals surface area contributed by atoms with E-state index in [-0.39, 0.29) is 16.7 Å². The Kier molecular flexibility index (Phi) is 7.23. The fourth-order valence-corrected chi connectivity index (χ4v) is 3.30. The average Bonchev–Trinajstić information content (AvgIpc) is 2.83. The molecule has 0 heterocycles. The molecule has 170 valence electrons. The van der Waals surface area contributed by atoms with Crippen LogP contribution >= 0.6 is 0 Å². The molecule has 0 bridgehead atoms. The largest absolute Gasteiger partial charge is 0.478 e. The molecule has 34 heavy (non-hydrogen) atoms. The summed E-state index contributed by atoms with van der Waals surface area (Å²) in [5.74, 6) is -3.04. The molecule has 0 aliphatic rings. The Morgan fingerprint density at radius 2 is 0.882 bits per heavy atom. The second kappa shape index (κ2) is 10.3. The van der Waals surface area contributed by atoms with Crippen LogP contribution in [0.5, 0.6) is 0 Å². The highest BCUT2D eigenvalue weighted by Crippen LogP contribution is 2.27. The van der Waals surface area contributed by atoms with Gasteiger partial charge in [-0.15, -0.1) is 0 Å². The first-order valence-electron chi connectivity index (χ1n) is 10.3. The number of hydrogen-bond acceptors (Lipinski definition) is 3. The van der Waals surface area contributed by atoms with Crippen molar-refractivity contribution in [2.75, 3.05) is 0 Å². The van der Waals surface area contributed by atoms with Crippen LogP contribution in [-0.4, -0.2) is 33.2 Å². The van der Waals surface area contributed by atoms with Crippen molar-refractivity contribution in [3.8, 4) is 0 Å². The van der Waals surface area contributed by atoms with E-state index in [1.54, 1.807) is 36.4 Å². The van der Waals surface area contributed by atoms with Crippen LogP contribution in [0.2, 0.25) is 0 Å². The average molecular weight is 454 g/mol. The summed E-state index contributed by atoms with van der Waals surface area (Å²) in [6, 6.07) is 19.3. The summed E-state index contributed by atoms with van der Waals surface area (Å²) in [5, 5.41) is 27.4. The SMILES string of the molecule is C=C(/C=C(\C=C(/C)c1ccc(C(=O)O)cc1)c1ccc(C(=O)O)cc1)c1ccc(C(=O)O)cc1. The van der Waals surface area contributed by atoms with Crippen molar-refractivity contribution in [1.82, 2.24) is 0 Å². The molecule has 0 aromatic heterocycles. The Hall–Kier alpha value is -4.71. The zero-order chi connectivity index (χ0) is 24.8. The normalized spacial score (nSPS) is 11.7. The van der Waals surface area contributed by atoms with Crippen LogP contribution in [0.15, 0.2) is 91.5 Å². The van der Waals surface area contributed by atoms with E-state index in [1.807, 2.05) is 19.1 Å². The van der Waals surface area contributed by atoms with Crippen molar-refractivity contribution in [2.45, 2.75) is 6.92 Å². The van der Waals surface area contributed by atoms with E-state index in [9.17, 15) is 19.5 Å². The minimum absolute atomic E-state index is 0.163. The Morgan fingerprint density at radius 3 is 1.26 bits per heavy atom. The number of carboxylic acid groups (broad SMARTS) is 3. The number of carboxylic acids is 3. The Morgan fingerprint density at radius 1 is 0.559 bits per heavy atom. The molecule has 0 amide bonds. The molecule has 3 N–H and O–H groups in total. The molecule has 0 atom stereocenters. The third-order valence-electron chi connectivity index (χ3n) is 5.26. The second-order valence-corrected chi connectivity index (χ2v) is 7.60. The molecule has 3 aromatic carbocycles. The third kappa shape index (κ3) is 5.75. The van der Waals surface area contributed by atoms with Gasteiger partial charge in [0.25, 0.3) is 0 Å². The monoisotopic (exact) mass is 454 g/mol. The van der Waals surface area contributed by atoms with Gasteiger partial charge in [-0.3, -0.25) is 0 Å². The van der Waals surface area contributed by atoms with E-state index in [4.69, 9.17) is 10.2 Å². The van der Waals surface area contributed by atoms with Gasteiger partial charge >= 0.3 is 17.9 Å². The number of aromatic carboxylic acids is 3. The first kappa shape index (κ1) is 23.9. The van der Waals surface area contributed by atoms with Crippen molar-refractivity contribution < 1.29 is 29.7 Å². The van der Waals surface area contributed by atoms with Gasteiger partial charge in [0.15, 0.2) is 0 Å². The number of rotatable bonds is 8. The van der Waals surface area contributed by atoms with E-state index in [0.717, 1.165) is 27.8 Å². The number of allylic oxidation sites excluding steroid dienone is 5. The van der Waals surface area contributed by atoms with E-state index >= 15 is 0 Å². The molecule has 3 aromatic rings. The maximum atomic E-state index is 11.2. The van der Waals surface area contributed by atoms with Gasteiger partial charge < -0.3 is 15.3 Å². The van der Waals surface area contributed by atoms with E-state index in [2.05, 4.69) is 6.58 Å². The van der Waals surface area contributed by atoms with Crippen LogP contribution in [0.1, 0.15) is 54.7 Å². The molecule has 3 rings (SSSR count). The molecule has 0 saturated heterocycles. The summed E-state index contributed by atoms with van der Waals surface area (Å²) in [5.41, 5.74) is 5.10. The first-order chi connectivity index (χ1) is 16.2. The van der Waals surface area contributed by atoms with Crippen molar-refractivity contribution >= 4 is 34.6 Å². The van der Waals surface area contributed by atoms with E-state index in [0.29, 0.717) is 5.57 Å². The summed E-state index contributed by atoms with van der Waals surface area (Å²) in [6.07, 6.45) is 3.74. The maximum absolute atomic E-state index is 11.2. The lowest BCUT2D eigenvalue weighted by molar-refractivity contribution is 0.0686. The molecule has 0 fully saturated rings. The first-order valence-corrected chi connectivity index (χ1v) is 10.3. The second-order valence-electron chi connectivity index (χ2n) is 7.60. The van der Waals surface area contributed by atoms with E-state index in [1.165, 1.54) is 36.4 Å². The standard InChI is InChI=1S/C28H22O6/c1-17(19-3-9-22(10-4-19)26(29)30)15-25(21-7-13-24(14-8-21)28(33)34)16-18(2)20-5-11-23(12-6-20)27(31)32/h3-16H,1H2,2H3,(H,29,30)(H,31,32)(H,33,34)/b18-16+,25-15+. The third-order valence-corrected chi connectivity index (χ3v) is 5.26. The predicted octanol–water partition coefficient (Wildman–Crippen LogP) is 5.98. The predicted molar refractivity (Wildman–Crippen MR) is 131 cm³/mol. The summed E-state index contributed by atoms with van der Waals surface area (Å²) in [6.45, 7) is 6.00. The molecule has 0 unspecified atom stereocenters. The molecular formula is C28H22O6. The van der Waals surface area contributed by atoms with Crippen LogP contribution in [-0.2, 0) is 0 Å². The molecular weight excluding hydrogens is 432 g/mol. The zero-order valence-electron chi connectivity index (χ0n) is 18.4. The zero-order valence-corrected chi connectivity index (χ0v) is 18.4. The van der Waals surface area contributed by atoms with Gasteiger partial charge in [0.1, 0.15) is 0 Å². The van der Waals surface area contributed by atoms with Crippen LogP contribution in [0.25, 0.3) is 16.7 Å². The summed E-state index contributed by atoms with van der Waals surface area (Å²) >= 11 is 0. The lowest BCUT2D eigenvalue weighted by Gasteiger charge is -2.10. The Bertz CT molecular complexity index is 1310. The summed E-state index contributed by atoms with van der Waals surface area (Å²) in [4.78, 5) is 33.5. The molecule has 6 nitrogen and oxygen atoms in total. The molecule has 0 spiro atoms. The smallest absolute Gasteiger partial charge is 0.335 e. The topological polar surface area (TPSA) is 112 Å². The van der Waals surface area contributed by atoms with Gasteiger partial charge in [-0.05, 0) is 82.8 Å². The van der Waals surface area contributed by atoms with Crippen LogP contribution in [0, 0.1) is 0 Å². The Balaban J connectivity index is 2.03. The molecule has 0 saturated carbocycles. The highest BCUT2D eigenvalue weighted by Gasteiger charge is 2.09. The maximum Gasteiger partial charge on any atom is 0.335 e. The van der Waals surface area contributed by atoms with Crippen molar-refractivity contribution in [1.29, 1.82) is 0 Å². The van der Waals surface area contributed by atoms with Gasteiger partial charge in [0.05, 0.1) is 16.7 Å². The Labute approximate surface area is 196 Å². The van der Waals surface area contributed by atoms with Gasteiger partial charge in [-0.2, -0.15) is 0 Å². The van der Waals surface area contributed by atoms with Gasteiger partial charge in [-0.25, -0.2) is 14.4 Å². The van der Waals surface area contributed by atoms with Crippen molar-refractivity contribution in [3.63, 3.8) is 0 Å². The van der Waals surface area contributed by atoms with Gasteiger partial charge in [0.2, 0.25) is 0 Å². The molecule has 0 radical (unpaired) electrons. The molecule has 0 aliphatic heterocycles. The van der Waals surface area contributed by atoms with Gasteiger partial charge in [-0.1, -0.05) is 49.1 Å². The van der Waals surface area contributed by atoms with Gasteiger partial charge in [0, 0.05) is 0 Å². The lowest BCUT2D eigenvalue weighted by atomic mass is 9.95. The fraction of sp³-hybridized carbons (Fsp3) is 0.0357. The fourth-order valence-electron chi connectivity index (χ4n) is 3.30. The summed E-state index contributed by atoms with van der Waals surface area (Å²) < 4.78 is 0. The van der Waals surface area contributed by atoms with Crippen LogP contribution in [0.4, 0.5) is 0 Å². The highest BCUT2D eigenvalue weighted by molar-refractivity contribution is 5.94. The minimum atomic E-state index is -1.02. The highest BCUT2D eigenvalue weighted by atomic mass is 16.4. The number of hydrogen-bond donors (Lipinski definition) is 3. The minimum Gasteiger partial charge on any atom is -0.478 e. The van der Waals surface area contributed by atoms with E-state index < -0.39 is 17.9 Å². The summed E-state index contributed by atoms with van der Waals surface area (Å²) in [7, 11) is 0. The van der Waals surface area contributed by atoms with Crippen molar-refractivity contribution in [2.24, 2.45) is 0 Å². The quantitative estimate of drug-likeness (QED) is 0.361. The number of carbonyl (C=O) groups is 3.